The largest absolute Gasteiger partial charge is 0.497 e. The van der Waals surface area contributed by atoms with Crippen LogP contribution in [-0.4, -0.2) is 19.6 Å². The number of anilines is 1. The quantitative estimate of drug-likeness (QED) is 0.888. The van der Waals surface area contributed by atoms with Crippen LogP contribution in [0.15, 0.2) is 48.5 Å². The fourth-order valence-corrected chi connectivity index (χ4v) is 1.72. The zero-order valence-electron chi connectivity index (χ0n) is 11.6. The highest BCUT2D eigenvalue weighted by Crippen LogP contribution is 2.17. The van der Waals surface area contributed by atoms with Crippen LogP contribution in [0.25, 0.3) is 0 Å². The molecule has 0 aromatic heterocycles. The van der Waals surface area contributed by atoms with Gasteiger partial charge in [-0.05, 0) is 36.4 Å². The van der Waals surface area contributed by atoms with E-state index in [1.165, 1.54) is 24.3 Å². The van der Waals surface area contributed by atoms with Gasteiger partial charge in [0.15, 0.2) is 0 Å². The monoisotopic (exact) mass is 289 g/mol. The smallest absolute Gasteiger partial charge is 0.227 e. The van der Waals surface area contributed by atoms with Crippen molar-refractivity contribution in [2.45, 2.75) is 6.42 Å². The molecule has 2 rings (SSSR count). The van der Waals surface area contributed by atoms with E-state index in [0.717, 1.165) is 0 Å². The predicted octanol–water partition coefficient (Wildman–Crippen LogP) is 3.24. The SMILES string of the molecule is COc1cccc(NC(=O)CCOc2ccc(F)cc2)c1. The van der Waals surface area contributed by atoms with Gasteiger partial charge in [0.05, 0.1) is 20.1 Å². The molecule has 0 saturated heterocycles. The van der Waals surface area contributed by atoms with Gasteiger partial charge in [-0.15, -0.1) is 0 Å². The Balaban J connectivity index is 1.78. The van der Waals surface area contributed by atoms with Crippen molar-refractivity contribution >= 4 is 11.6 Å². The molecule has 0 radical (unpaired) electrons. The Hall–Kier alpha value is -2.56. The molecule has 0 heterocycles. The maximum absolute atomic E-state index is 12.7. The Morgan fingerprint density at radius 2 is 1.90 bits per heavy atom. The summed E-state index contributed by atoms with van der Waals surface area (Å²) < 4.78 is 23.2. The van der Waals surface area contributed by atoms with Gasteiger partial charge >= 0.3 is 0 Å². The molecule has 1 N–H and O–H groups in total. The fraction of sp³-hybridized carbons (Fsp3) is 0.188. The summed E-state index contributed by atoms with van der Waals surface area (Å²) in [6, 6.07) is 12.8. The lowest BCUT2D eigenvalue weighted by Crippen LogP contribution is -2.15. The van der Waals surface area contributed by atoms with Crippen molar-refractivity contribution in [1.29, 1.82) is 0 Å². The van der Waals surface area contributed by atoms with E-state index < -0.39 is 0 Å². The van der Waals surface area contributed by atoms with Gasteiger partial charge in [-0.1, -0.05) is 6.07 Å². The number of carbonyl (C=O) groups excluding carboxylic acids is 1. The van der Waals surface area contributed by atoms with Crippen LogP contribution in [0.1, 0.15) is 6.42 Å². The molecule has 0 spiro atoms. The average molecular weight is 289 g/mol. The van der Waals surface area contributed by atoms with Crippen molar-refractivity contribution in [3.8, 4) is 11.5 Å². The molecule has 1 amide bonds. The lowest BCUT2D eigenvalue weighted by atomic mass is 10.3. The number of carbonyl (C=O) groups is 1. The highest BCUT2D eigenvalue weighted by molar-refractivity contribution is 5.90. The Bertz CT molecular complexity index is 599. The molecule has 0 bridgehead atoms. The number of rotatable bonds is 6. The maximum atomic E-state index is 12.7. The topological polar surface area (TPSA) is 47.6 Å². The van der Waals surface area contributed by atoms with E-state index in [1.54, 1.807) is 31.4 Å². The minimum atomic E-state index is -0.321. The Kier molecular flexibility index (Phi) is 5.15. The highest BCUT2D eigenvalue weighted by Gasteiger charge is 2.04. The van der Waals surface area contributed by atoms with E-state index in [4.69, 9.17) is 9.47 Å². The van der Waals surface area contributed by atoms with Crippen LogP contribution in [0, 0.1) is 5.82 Å². The van der Waals surface area contributed by atoms with Gasteiger partial charge in [0, 0.05) is 11.8 Å². The molecule has 0 unspecified atom stereocenters. The summed E-state index contributed by atoms with van der Waals surface area (Å²) in [7, 11) is 1.57. The molecular weight excluding hydrogens is 273 g/mol. The summed E-state index contributed by atoms with van der Waals surface area (Å²) >= 11 is 0. The van der Waals surface area contributed by atoms with Gasteiger partial charge < -0.3 is 14.8 Å². The minimum Gasteiger partial charge on any atom is -0.497 e. The Morgan fingerprint density at radius 1 is 1.14 bits per heavy atom. The van der Waals surface area contributed by atoms with Crippen LogP contribution in [-0.2, 0) is 4.79 Å². The third kappa shape index (κ3) is 4.80. The van der Waals surface area contributed by atoms with Crippen LogP contribution >= 0.6 is 0 Å². The predicted molar refractivity (Wildman–Crippen MR) is 78.1 cm³/mol. The summed E-state index contributed by atoms with van der Waals surface area (Å²) in [6.07, 6.45) is 0.203. The molecule has 5 heteroatoms. The minimum absolute atomic E-state index is 0.162. The Labute approximate surface area is 122 Å². The summed E-state index contributed by atoms with van der Waals surface area (Å²) in [5, 5.41) is 2.75. The second-order valence-electron chi connectivity index (χ2n) is 4.33. The lowest BCUT2D eigenvalue weighted by molar-refractivity contribution is -0.116. The standard InChI is InChI=1S/C16H16FNO3/c1-20-15-4-2-3-13(11-15)18-16(19)9-10-21-14-7-5-12(17)6-8-14/h2-8,11H,9-10H2,1H3,(H,18,19). The number of benzene rings is 2. The zero-order valence-corrected chi connectivity index (χ0v) is 11.6. The van der Waals surface area contributed by atoms with Crippen molar-refractivity contribution in [2.75, 3.05) is 19.0 Å². The van der Waals surface area contributed by atoms with E-state index in [1.807, 2.05) is 0 Å². The average Bonchev–Trinajstić information content (AvgIpc) is 2.49. The van der Waals surface area contributed by atoms with Gasteiger partial charge in [-0.2, -0.15) is 0 Å². The number of methoxy groups -OCH3 is 1. The van der Waals surface area contributed by atoms with Gasteiger partial charge in [-0.25, -0.2) is 4.39 Å². The first-order valence-electron chi connectivity index (χ1n) is 6.49. The normalized spacial score (nSPS) is 10.0. The number of hydrogen-bond donors (Lipinski definition) is 1. The zero-order chi connectivity index (χ0) is 15.1. The first-order chi connectivity index (χ1) is 10.2. The number of nitrogens with one attached hydrogen (secondary N) is 1. The Morgan fingerprint density at radius 3 is 2.62 bits per heavy atom. The summed E-state index contributed by atoms with van der Waals surface area (Å²) in [5.41, 5.74) is 0.668. The van der Waals surface area contributed by atoms with Crippen molar-refractivity contribution in [3.05, 3.63) is 54.3 Å². The maximum Gasteiger partial charge on any atom is 0.227 e. The number of ether oxygens (including phenoxy) is 2. The second kappa shape index (κ2) is 7.28. The van der Waals surface area contributed by atoms with Gasteiger partial charge in [0.1, 0.15) is 17.3 Å². The van der Waals surface area contributed by atoms with Gasteiger partial charge in [0.2, 0.25) is 5.91 Å². The third-order valence-corrected chi connectivity index (χ3v) is 2.76. The van der Waals surface area contributed by atoms with Crippen LogP contribution < -0.4 is 14.8 Å². The van der Waals surface area contributed by atoms with E-state index in [2.05, 4.69) is 5.32 Å². The third-order valence-electron chi connectivity index (χ3n) is 2.76. The van der Waals surface area contributed by atoms with Crippen molar-refractivity contribution in [3.63, 3.8) is 0 Å². The van der Waals surface area contributed by atoms with Crippen LogP contribution in [0.3, 0.4) is 0 Å². The fourth-order valence-electron chi connectivity index (χ4n) is 1.72. The second-order valence-corrected chi connectivity index (χ2v) is 4.33. The highest BCUT2D eigenvalue weighted by atomic mass is 19.1. The first kappa shape index (κ1) is 14.8. The molecule has 0 aliphatic rings. The van der Waals surface area contributed by atoms with E-state index in [0.29, 0.717) is 17.2 Å². The molecule has 0 fully saturated rings. The van der Waals surface area contributed by atoms with Crippen molar-refractivity contribution in [1.82, 2.24) is 0 Å². The summed E-state index contributed by atoms with van der Waals surface area (Å²) in [6.45, 7) is 0.224. The molecule has 0 aliphatic carbocycles. The first-order valence-corrected chi connectivity index (χ1v) is 6.49. The summed E-state index contributed by atoms with van der Waals surface area (Å²) in [4.78, 5) is 11.8. The van der Waals surface area contributed by atoms with E-state index in [9.17, 15) is 9.18 Å². The lowest BCUT2D eigenvalue weighted by Gasteiger charge is -2.08. The summed E-state index contributed by atoms with van der Waals surface area (Å²) in [5.74, 6) is 0.726. The van der Waals surface area contributed by atoms with Gasteiger partial charge in [0.25, 0.3) is 0 Å². The molecule has 2 aromatic carbocycles. The molecule has 110 valence electrons. The van der Waals surface area contributed by atoms with Gasteiger partial charge in [-0.3, -0.25) is 4.79 Å². The van der Waals surface area contributed by atoms with Crippen LogP contribution in [0.4, 0.5) is 10.1 Å². The molecular formula is C16H16FNO3. The molecule has 0 aliphatic heterocycles. The molecule has 2 aromatic rings. The molecule has 0 atom stereocenters. The number of hydrogen-bond acceptors (Lipinski definition) is 3. The molecule has 21 heavy (non-hydrogen) atoms. The van der Waals surface area contributed by atoms with Crippen LogP contribution in [0.5, 0.6) is 11.5 Å². The van der Waals surface area contributed by atoms with Crippen molar-refractivity contribution < 1.29 is 18.7 Å². The number of halogens is 1. The molecule has 4 nitrogen and oxygen atoms in total. The molecule has 0 saturated carbocycles. The van der Waals surface area contributed by atoms with Crippen LogP contribution in [0.2, 0.25) is 0 Å². The van der Waals surface area contributed by atoms with Crippen molar-refractivity contribution in [2.24, 2.45) is 0 Å². The van der Waals surface area contributed by atoms with E-state index in [-0.39, 0.29) is 24.8 Å². The van der Waals surface area contributed by atoms with E-state index >= 15 is 0 Å². The number of amides is 1.